The van der Waals surface area contributed by atoms with Gasteiger partial charge in [0.1, 0.15) is 0 Å². The topological polar surface area (TPSA) is 52.3 Å². The first-order chi connectivity index (χ1) is 4.75. The van der Waals surface area contributed by atoms with Crippen LogP contribution < -0.4 is 5.73 Å². The molecule has 10 heavy (non-hydrogen) atoms. The molecule has 1 aliphatic rings. The van der Waals surface area contributed by atoms with Gasteiger partial charge in [0, 0.05) is 6.04 Å². The molecule has 2 N–H and O–H groups in total. The molecule has 0 aromatic carbocycles. The third-order valence-corrected chi connectivity index (χ3v) is 1.72. The molecular weight excluding hydrogens is 130 g/mol. The molecule has 2 atom stereocenters. The maximum atomic E-state index is 10.9. The number of allylic oxidation sites excluding steroid dienone is 1. The highest BCUT2D eigenvalue weighted by atomic mass is 16.5. The van der Waals surface area contributed by atoms with E-state index in [1.165, 1.54) is 7.11 Å². The molecule has 3 heteroatoms. The zero-order valence-corrected chi connectivity index (χ0v) is 5.91. The number of hydrogen-bond donors (Lipinski definition) is 1. The van der Waals surface area contributed by atoms with Crippen molar-refractivity contribution in [2.24, 2.45) is 11.7 Å². The molecule has 0 saturated heterocycles. The van der Waals surface area contributed by atoms with Gasteiger partial charge in [0.15, 0.2) is 0 Å². The number of rotatable bonds is 1. The smallest absolute Gasteiger partial charge is 0.310 e. The second-order valence-corrected chi connectivity index (χ2v) is 2.37. The third kappa shape index (κ3) is 1.19. The van der Waals surface area contributed by atoms with Gasteiger partial charge >= 0.3 is 5.97 Å². The van der Waals surface area contributed by atoms with E-state index in [4.69, 9.17) is 5.73 Å². The average molecular weight is 141 g/mol. The van der Waals surface area contributed by atoms with Crippen molar-refractivity contribution in [3.05, 3.63) is 12.2 Å². The first-order valence-electron chi connectivity index (χ1n) is 3.26. The van der Waals surface area contributed by atoms with Crippen LogP contribution in [0.1, 0.15) is 6.42 Å². The molecule has 0 fully saturated rings. The normalized spacial score (nSPS) is 30.6. The summed E-state index contributed by atoms with van der Waals surface area (Å²) in [4.78, 5) is 10.9. The molecular formula is C7H11NO2. The predicted molar refractivity (Wildman–Crippen MR) is 37.2 cm³/mol. The van der Waals surface area contributed by atoms with Gasteiger partial charge in [-0.05, 0) is 6.42 Å². The number of nitrogens with two attached hydrogens (primary N) is 1. The number of carbonyl (C=O) groups is 1. The van der Waals surface area contributed by atoms with E-state index < -0.39 is 0 Å². The molecule has 1 rings (SSSR count). The minimum atomic E-state index is -0.211. The fourth-order valence-electron chi connectivity index (χ4n) is 1.08. The molecule has 0 aromatic rings. The second kappa shape index (κ2) is 2.84. The van der Waals surface area contributed by atoms with Crippen molar-refractivity contribution < 1.29 is 9.53 Å². The van der Waals surface area contributed by atoms with E-state index in [0.717, 1.165) is 0 Å². The Bertz CT molecular complexity index is 165. The Morgan fingerprint density at radius 1 is 1.80 bits per heavy atom. The standard InChI is InChI=1S/C7H11NO2/c1-10-7(9)5-3-2-4-6(5)8/h2,4-6H,3,8H2,1H3/t5-,6+/m0/s1. The number of carbonyl (C=O) groups excluding carboxylic acids is 1. The fourth-order valence-corrected chi connectivity index (χ4v) is 1.08. The summed E-state index contributed by atoms with van der Waals surface area (Å²) in [6.45, 7) is 0. The zero-order valence-electron chi connectivity index (χ0n) is 5.91. The van der Waals surface area contributed by atoms with Crippen LogP contribution in [0.4, 0.5) is 0 Å². The summed E-state index contributed by atoms with van der Waals surface area (Å²) in [5, 5.41) is 0. The van der Waals surface area contributed by atoms with Crippen LogP contribution >= 0.6 is 0 Å². The summed E-state index contributed by atoms with van der Waals surface area (Å²) in [6, 6.07) is -0.146. The van der Waals surface area contributed by atoms with Crippen molar-refractivity contribution in [2.45, 2.75) is 12.5 Å². The van der Waals surface area contributed by atoms with Gasteiger partial charge in [0.2, 0.25) is 0 Å². The minimum absolute atomic E-state index is 0.146. The summed E-state index contributed by atoms with van der Waals surface area (Å²) < 4.78 is 4.55. The molecule has 0 radical (unpaired) electrons. The van der Waals surface area contributed by atoms with Crippen LogP contribution in [-0.4, -0.2) is 19.1 Å². The lowest BCUT2D eigenvalue weighted by Gasteiger charge is -2.11. The van der Waals surface area contributed by atoms with Crippen LogP contribution in [0, 0.1) is 5.92 Å². The van der Waals surface area contributed by atoms with Crippen LogP contribution in [0.15, 0.2) is 12.2 Å². The average Bonchev–Trinajstić information content (AvgIpc) is 2.34. The lowest BCUT2D eigenvalue weighted by Crippen LogP contribution is -2.31. The summed E-state index contributed by atoms with van der Waals surface area (Å²) in [6.07, 6.45) is 4.46. The van der Waals surface area contributed by atoms with E-state index in [2.05, 4.69) is 4.74 Å². The molecule has 0 aromatic heterocycles. The Labute approximate surface area is 59.8 Å². The van der Waals surface area contributed by atoms with E-state index >= 15 is 0 Å². The van der Waals surface area contributed by atoms with E-state index in [-0.39, 0.29) is 17.9 Å². The number of esters is 1. The predicted octanol–water partition coefficient (Wildman–Crippen LogP) is 0.0628. The number of hydrogen-bond acceptors (Lipinski definition) is 3. The van der Waals surface area contributed by atoms with Gasteiger partial charge in [0.25, 0.3) is 0 Å². The molecule has 0 amide bonds. The molecule has 56 valence electrons. The molecule has 0 aliphatic heterocycles. The van der Waals surface area contributed by atoms with Crippen molar-refractivity contribution in [1.29, 1.82) is 0 Å². The maximum Gasteiger partial charge on any atom is 0.310 e. The van der Waals surface area contributed by atoms with Crippen molar-refractivity contribution >= 4 is 5.97 Å². The molecule has 3 nitrogen and oxygen atoms in total. The van der Waals surface area contributed by atoms with E-state index in [0.29, 0.717) is 6.42 Å². The highest BCUT2D eigenvalue weighted by Crippen LogP contribution is 2.17. The highest BCUT2D eigenvalue weighted by Gasteiger charge is 2.26. The maximum absolute atomic E-state index is 10.9. The molecule has 1 aliphatic carbocycles. The number of methoxy groups -OCH3 is 1. The van der Waals surface area contributed by atoms with Gasteiger partial charge in [-0.25, -0.2) is 0 Å². The fraction of sp³-hybridized carbons (Fsp3) is 0.571. The molecule has 0 heterocycles. The second-order valence-electron chi connectivity index (χ2n) is 2.37. The Hall–Kier alpha value is -0.830. The largest absolute Gasteiger partial charge is 0.469 e. The molecule has 0 saturated carbocycles. The van der Waals surface area contributed by atoms with Crippen molar-refractivity contribution in [3.63, 3.8) is 0 Å². The van der Waals surface area contributed by atoms with Crippen molar-refractivity contribution in [3.8, 4) is 0 Å². The summed E-state index contributed by atoms with van der Waals surface area (Å²) in [5.41, 5.74) is 5.57. The quantitative estimate of drug-likeness (QED) is 0.415. The lowest BCUT2D eigenvalue weighted by atomic mass is 10.0. The van der Waals surface area contributed by atoms with E-state index in [9.17, 15) is 4.79 Å². The SMILES string of the molecule is COC(=O)[C@H]1CC=C[C@H]1N. The molecule has 0 spiro atoms. The number of ether oxygens (including phenoxy) is 1. The van der Waals surface area contributed by atoms with Crippen LogP contribution in [-0.2, 0) is 9.53 Å². The van der Waals surface area contributed by atoms with Gasteiger partial charge in [-0.2, -0.15) is 0 Å². The van der Waals surface area contributed by atoms with Crippen molar-refractivity contribution in [1.82, 2.24) is 0 Å². The van der Waals surface area contributed by atoms with Crippen LogP contribution in [0.3, 0.4) is 0 Å². The minimum Gasteiger partial charge on any atom is -0.469 e. The van der Waals surface area contributed by atoms with Crippen LogP contribution in [0.25, 0.3) is 0 Å². The van der Waals surface area contributed by atoms with Crippen LogP contribution in [0.2, 0.25) is 0 Å². The third-order valence-electron chi connectivity index (χ3n) is 1.72. The lowest BCUT2D eigenvalue weighted by molar-refractivity contribution is -0.145. The Balaban J connectivity index is 2.51. The van der Waals surface area contributed by atoms with Gasteiger partial charge in [-0.3, -0.25) is 4.79 Å². The Kier molecular flexibility index (Phi) is 2.06. The summed E-state index contributed by atoms with van der Waals surface area (Å²) in [5.74, 6) is -0.359. The Morgan fingerprint density at radius 3 is 2.90 bits per heavy atom. The first kappa shape index (κ1) is 7.28. The van der Waals surface area contributed by atoms with Crippen molar-refractivity contribution in [2.75, 3.05) is 7.11 Å². The summed E-state index contributed by atoms with van der Waals surface area (Å²) >= 11 is 0. The molecule has 0 unspecified atom stereocenters. The van der Waals surface area contributed by atoms with Gasteiger partial charge in [-0.15, -0.1) is 0 Å². The zero-order chi connectivity index (χ0) is 7.56. The van der Waals surface area contributed by atoms with E-state index in [1.807, 2.05) is 12.2 Å². The van der Waals surface area contributed by atoms with Gasteiger partial charge in [0.05, 0.1) is 13.0 Å². The highest BCUT2D eigenvalue weighted by molar-refractivity contribution is 5.74. The van der Waals surface area contributed by atoms with Crippen LogP contribution in [0.5, 0.6) is 0 Å². The van der Waals surface area contributed by atoms with E-state index in [1.54, 1.807) is 0 Å². The van der Waals surface area contributed by atoms with Gasteiger partial charge < -0.3 is 10.5 Å². The molecule has 0 bridgehead atoms. The van der Waals surface area contributed by atoms with Gasteiger partial charge in [-0.1, -0.05) is 12.2 Å². The first-order valence-corrected chi connectivity index (χ1v) is 3.26. The Morgan fingerprint density at radius 2 is 2.50 bits per heavy atom. The summed E-state index contributed by atoms with van der Waals surface area (Å²) in [7, 11) is 1.38. The monoisotopic (exact) mass is 141 g/mol.